The van der Waals surface area contributed by atoms with E-state index in [-0.39, 0.29) is 33.2 Å². The number of fused-ring (bicyclic) bond motifs is 3. The van der Waals surface area contributed by atoms with Crippen LogP contribution in [-0.2, 0) is 0 Å². The van der Waals surface area contributed by atoms with Gasteiger partial charge in [-0.3, -0.25) is 0 Å². The number of hydrogen-bond donors (Lipinski definition) is 2. The van der Waals surface area contributed by atoms with E-state index in [0.29, 0.717) is 12.5 Å². The van der Waals surface area contributed by atoms with Crippen molar-refractivity contribution in [3.8, 4) is 0 Å². The molecule has 0 radical (unpaired) electrons. The molecule has 0 amide bonds. The molecular formula is C21H34O2. The van der Waals surface area contributed by atoms with Crippen LogP contribution in [0.15, 0.2) is 12.2 Å². The van der Waals surface area contributed by atoms with Gasteiger partial charge in [-0.05, 0) is 66.1 Å². The third-order valence-corrected chi connectivity index (χ3v) is 9.50. The molecule has 3 fully saturated rings. The van der Waals surface area contributed by atoms with Crippen molar-refractivity contribution in [1.82, 2.24) is 0 Å². The Morgan fingerprint density at radius 1 is 1.04 bits per heavy atom. The summed E-state index contributed by atoms with van der Waals surface area (Å²) >= 11 is 0. The number of aliphatic hydroxyl groups is 2. The van der Waals surface area contributed by atoms with Crippen molar-refractivity contribution in [2.75, 3.05) is 6.61 Å². The maximum absolute atomic E-state index is 10.9. The summed E-state index contributed by atoms with van der Waals surface area (Å²) in [5.74, 6) is 0.579. The number of aliphatic hydroxyl groups excluding tert-OH is 2. The lowest BCUT2D eigenvalue weighted by molar-refractivity contribution is -0.227. The van der Waals surface area contributed by atoms with E-state index in [9.17, 15) is 10.2 Å². The van der Waals surface area contributed by atoms with Gasteiger partial charge in [0.05, 0.1) is 6.10 Å². The molecule has 0 aromatic carbocycles. The summed E-state index contributed by atoms with van der Waals surface area (Å²) in [7, 11) is 0. The van der Waals surface area contributed by atoms with E-state index < -0.39 is 0 Å². The molecule has 7 unspecified atom stereocenters. The highest BCUT2D eigenvalue weighted by atomic mass is 16.3. The maximum atomic E-state index is 10.9. The minimum atomic E-state index is -0.225. The van der Waals surface area contributed by atoms with E-state index >= 15 is 0 Å². The third-order valence-electron chi connectivity index (χ3n) is 9.50. The second-order valence-electron chi connectivity index (χ2n) is 10.4. The Kier molecular flexibility index (Phi) is 3.11. The Morgan fingerprint density at radius 2 is 1.78 bits per heavy atom. The summed E-state index contributed by atoms with van der Waals surface area (Å²) in [4.78, 5) is 0. The first-order valence-electron chi connectivity index (χ1n) is 9.64. The highest BCUT2D eigenvalue weighted by Gasteiger charge is 2.70. The van der Waals surface area contributed by atoms with Gasteiger partial charge in [0.25, 0.3) is 0 Å². The molecule has 0 heterocycles. The molecule has 0 aromatic heterocycles. The van der Waals surface area contributed by atoms with E-state index in [1.165, 1.54) is 25.7 Å². The first-order valence-corrected chi connectivity index (χ1v) is 9.64. The van der Waals surface area contributed by atoms with E-state index in [2.05, 4.69) is 39.8 Å². The van der Waals surface area contributed by atoms with Gasteiger partial charge in [-0.2, -0.15) is 0 Å². The molecule has 0 aliphatic heterocycles. The Hall–Kier alpha value is -0.340. The number of hydrogen-bond acceptors (Lipinski definition) is 2. The van der Waals surface area contributed by atoms with Crippen LogP contribution in [0.5, 0.6) is 0 Å². The van der Waals surface area contributed by atoms with E-state index in [1.807, 2.05) is 0 Å². The van der Waals surface area contributed by atoms with Crippen LogP contribution in [0.4, 0.5) is 0 Å². The predicted octanol–water partition coefficient (Wildman–Crippen LogP) is 4.31. The summed E-state index contributed by atoms with van der Waals surface area (Å²) in [5.41, 5.74) is 0.674. The second kappa shape index (κ2) is 4.43. The first-order chi connectivity index (χ1) is 10.6. The summed E-state index contributed by atoms with van der Waals surface area (Å²) in [6, 6.07) is 0. The molecule has 4 aliphatic carbocycles. The van der Waals surface area contributed by atoms with Crippen molar-refractivity contribution in [2.24, 2.45) is 33.0 Å². The zero-order chi connectivity index (χ0) is 16.7. The fourth-order valence-corrected chi connectivity index (χ4v) is 7.72. The van der Waals surface area contributed by atoms with Crippen molar-refractivity contribution >= 4 is 0 Å². The summed E-state index contributed by atoms with van der Waals surface area (Å²) in [6.45, 7) is 9.83. The molecule has 4 rings (SSSR count). The van der Waals surface area contributed by atoms with E-state index in [1.54, 1.807) is 0 Å². The lowest BCUT2D eigenvalue weighted by Gasteiger charge is -2.70. The van der Waals surface area contributed by atoms with Gasteiger partial charge in [-0.25, -0.2) is 0 Å². The fourth-order valence-electron chi connectivity index (χ4n) is 7.72. The standard InChI is InChI=1S/C21H34O2/c1-17-10-11-21(13-17)9-6-15-18(2,14-22)7-5-8-19(15,3)20(21,4)12-16(17)23/h10-11,15-16,22-23H,5-9,12-14H2,1-4H3. The molecule has 2 heteroatoms. The average Bonchev–Trinajstić information content (AvgIpc) is 2.81. The van der Waals surface area contributed by atoms with Crippen LogP contribution in [-0.4, -0.2) is 22.9 Å². The SMILES string of the molecule is CC12C=CC3(CCC4C(C)(CO)CCCC4(C)C3(C)CC1O)C2. The van der Waals surface area contributed by atoms with Crippen LogP contribution in [0.25, 0.3) is 0 Å². The van der Waals surface area contributed by atoms with Gasteiger partial charge in [0.1, 0.15) is 0 Å². The molecule has 1 spiro atoms. The van der Waals surface area contributed by atoms with Crippen molar-refractivity contribution in [1.29, 1.82) is 0 Å². The lowest BCUT2D eigenvalue weighted by atomic mass is 9.34. The maximum Gasteiger partial charge on any atom is 0.0634 e. The van der Waals surface area contributed by atoms with Crippen molar-refractivity contribution in [2.45, 2.75) is 78.7 Å². The molecule has 2 bridgehead atoms. The van der Waals surface area contributed by atoms with Gasteiger partial charge >= 0.3 is 0 Å². The molecule has 7 atom stereocenters. The van der Waals surface area contributed by atoms with Crippen LogP contribution >= 0.6 is 0 Å². The van der Waals surface area contributed by atoms with Gasteiger partial charge in [-0.15, -0.1) is 0 Å². The van der Waals surface area contributed by atoms with Crippen LogP contribution in [0.3, 0.4) is 0 Å². The zero-order valence-electron chi connectivity index (χ0n) is 15.4. The minimum Gasteiger partial charge on any atom is -0.396 e. The van der Waals surface area contributed by atoms with Crippen LogP contribution < -0.4 is 0 Å². The molecule has 130 valence electrons. The van der Waals surface area contributed by atoms with Crippen LogP contribution in [0, 0.1) is 33.0 Å². The largest absolute Gasteiger partial charge is 0.396 e. The van der Waals surface area contributed by atoms with Gasteiger partial charge in [0.15, 0.2) is 0 Å². The molecule has 2 nitrogen and oxygen atoms in total. The quantitative estimate of drug-likeness (QED) is 0.707. The van der Waals surface area contributed by atoms with Gasteiger partial charge in [-0.1, -0.05) is 46.3 Å². The highest BCUT2D eigenvalue weighted by molar-refractivity contribution is 5.30. The van der Waals surface area contributed by atoms with Gasteiger partial charge in [0.2, 0.25) is 0 Å². The summed E-state index contributed by atoms with van der Waals surface area (Å²) in [5, 5.41) is 21.1. The first kappa shape index (κ1) is 16.1. The van der Waals surface area contributed by atoms with Crippen LogP contribution in [0.2, 0.25) is 0 Å². The monoisotopic (exact) mass is 318 g/mol. The predicted molar refractivity (Wildman–Crippen MR) is 92.9 cm³/mol. The smallest absolute Gasteiger partial charge is 0.0634 e. The molecule has 23 heavy (non-hydrogen) atoms. The zero-order valence-corrected chi connectivity index (χ0v) is 15.4. The number of rotatable bonds is 1. The van der Waals surface area contributed by atoms with E-state index in [4.69, 9.17) is 0 Å². The number of allylic oxidation sites excluding steroid dienone is 1. The highest BCUT2D eigenvalue weighted by Crippen LogP contribution is 2.77. The van der Waals surface area contributed by atoms with Gasteiger partial charge < -0.3 is 10.2 Å². The third kappa shape index (κ3) is 1.68. The molecular weight excluding hydrogens is 284 g/mol. The molecule has 3 saturated carbocycles. The molecule has 2 N–H and O–H groups in total. The molecule has 0 saturated heterocycles. The normalized spacial score (nSPS) is 61.1. The van der Waals surface area contributed by atoms with Crippen LogP contribution in [0.1, 0.15) is 72.6 Å². The Labute approximate surface area is 141 Å². The van der Waals surface area contributed by atoms with Crippen molar-refractivity contribution in [3.63, 3.8) is 0 Å². The van der Waals surface area contributed by atoms with Crippen molar-refractivity contribution in [3.05, 3.63) is 12.2 Å². The van der Waals surface area contributed by atoms with Gasteiger partial charge in [0, 0.05) is 12.0 Å². The summed E-state index contributed by atoms with van der Waals surface area (Å²) < 4.78 is 0. The Morgan fingerprint density at radius 3 is 2.48 bits per heavy atom. The Bertz CT molecular complexity index is 556. The minimum absolute atomic E-state index is 0.0162. The second-order valence-corrected chi connectivity index (χ2v) is 10.4. The molecule has 0 aromatic rings. The summed E-state index contributed by atoms with van der Waals surface area (Å²) in [6.07, 6.45) is 12.7. The lowest BCUT2D eigenvalue weighted by Crippen LogP contribution is -2.65. The fraction of sp³-hybridized carbons (Fsp3) is 0.905. The molecule has 4 aliphatic rings. The van der Waals surface area contributed by atoms with E-state index in [0.717, 1.165) is 19.3 Å². The topological polar surface area (TPSA) is 40.5 Å². The average molecular weight is 319 g/mol. The Balaban J connectivity index is 1.83. The van der Waals surface area contributed by atoms with Crippen molar-refractivity contribution < 1.29 is 10.2 Å².